The summed E-state index contributed by atoms with van der Waals surface area (Å²) in [4.78, 5) is 24.4. The van der Waals surface area contributed by atoms with Crippen molar-refractivity contribution in [2.75, 3.05) is 5.32 Å². The highest BCUT2D eigenvalue weighted by Gasteiger charge is 2.05. The summed E-state index contributed by atoms with van der Waals surface area (Å²) in [6.45, 7) is 4.00. The van der Waals surface area contributed by atoms with Crippen molar-refractivity contribution in [3.8, 4) is 0 Å². The molecule has 0 radical (unpaired) electrons. The Kier molecular flexibility index (Phi) is 4.29. The van der Waals surface area contributed by atoms with Gasteiger partial charge in [0.25, 0.3) is 0 Å². The summed E-state index contributed by atoms with van der Waals surface area (Å²) >= 11 is 0. The number of fused-ring (bicyclic) bond motifs is 1. The highest BCUT2D eigenvalue weighted by atomic mass is 16.3. The normalized spacial score (nSPS) is 11.1. The van der Waals surface area contributed by atoms with Crippen LogP contribution in [-0.2, 0) is 4.79 Å². The molecule has 24 heavy (non-hydrogen) atoms. The lowest BCUT2D eigenvalue weighted by molar-refractivity contribution is -0.111. The van der Waals surface area contributed by atoms with Crippen LogP contribution < -0.4 is 10.7 Å². The van der Waals surface area contributed by atoms with Gasteiger partial charge in [-0.1, -0.05) is 18.2 Å². The van der Waals surface area contributed by atoms with Crippen molar-refractivity contribution in [3.63, 3.8) is 0 Å². The molecule has 0 aliphatic heterocycles. The molecule has 0 saturated heterocycles. The third-order valence-corrected chi connectivity index (χ3v) is 3.90. The molecule has 4 heteroatoms. The molecule has 4 nitrogen and oxygen atoms in total. The van der Waals surface area contributed by atoms with Crippen LogP contribution in [0, 0.1) is 13.8 Å². The van der Waals surface area contributed by atoms with Crippen LogP contribution in [0.15, 0.2) is 64.0 Å². The molecule has 3 aromatic rings. The quantitative estimate of drug-likeness (QED) is 0.741. The van der Waals surface area contributed by atoms with Crippen LogP contribution in [0.4, 0.5) is 5.69 Å². The molecule has 0 aliphatic carbocycles. The monoisotopic (exact) mass is 319 g/mol. The number of hydrogen-bond acceptors (Lipinski definition) is 3. The summed E-state index contributed by atoms with van der Waals surface area (Å²) in [6, 6.07) is 12.7. The summed E-state index contributed by atoms with van der Waals surface area (Å²) in [6.07, 6.45) is 4.16. The number of amides is 1. The molecule has 2 aromatic carbocycles. The summed E-state index contributed by atoms with van der Waals surface area (Å²) in [5, 5.41) is 3.27. The van der Waals surface area contributed by atoms with E-state index in [0.717, 1.165) is 16.8 Å². The van der Waals surface area contributed by atoms with Gasteiger partial charge in [0.15, 0.2) is 5.43 Å². The van der Waals surface area contributed by atoms with Gasteiger partial charge in [-0.3, -0.25) is 9.59 Å². The van der Waals surface area contributed by atoms with E-state index in [9.17, 15) is 9.59 Å². The van der Waals surface area contributed by atoms with Gasteiger partial charge in [0.05, 0.1) is 10.9 Å². The first-order valence-electron chi connectivity index (χ1n) is 7.61. The Balaban J connectivity index is 1.80. The topological polar surface area (TPSA) is 59.3 Å². The molecule has 0 atom stereocenters. The minimum absolute atomic E-state index is 0.160. The highest BCUT2D eigenvalue weighted by molar-refractivity contribution is 6.02. The number of hydrogen-bond donors (Lipinski definition) is 1. The van der Waals surface area contributed by atoms with Gasteiger partial charge >= 0.3 is 0 Å². The van der Waals surface area contributed by atoms with Gasteiger partial charge in [-0.2, -0.15) is 0 Å². The number of carbonyl (C=O) groups is 1. The number of anilines is 1. The van der Waals surface area contributed by atoms with Crippen LogP contribution in [0.5, 0.6) is 0 Å². The standard InChI is InChI=1S/C20H17NO3/c1-13-7-9-16(11-14(13)2)21-19(22)10-8-15-12-24-18-6-4-3-5-17(18)20(15)23/h3-12H,1-2H3,(H,21,22)/b10-8+. The molecule has 0 unspecified atom stereocenters. The molecule has 1 amide bonds. The average Bonchev–Trinajstić information content (AvgIpc) is 2.58. The van der Waals surface area contributed by atoms with Crippen molar-refractivity contribution in [3.05, 3.63) is 81.7 Å². The van der Waals surface area contributed by atoms with E-state index in [1.165, 1.54) is 18.4 Å². The second-order valence-electron chi connectivity index (χ2n) is 5.64. The summed E-state index contributed by atoms with van der Waals surface area (Å²) in [7, 11) is 0. The molecule has 0 aliphatic rings. The van der Waals surface area contributed by atoms with Crippen LogP contribution in [0.2, 0.25) is 0 Å². The van der Waals surface area contributed by atoms with E-state index in [0.29, 0.717) is 16.5 Å². The fraction of sp³-hybridized carbons (Fsp3) is 0.100. The van der Waals surface area contributed by atoms with Gasteiger partial charge in [-0.25, -0.2) is 0 Å². The van der Waals surface area contributed by atoms with E-state index in [-0.39, 0.29) is 11.3 Å². The number of aryl methyl sites for hydroxylation is 2. The fourth-order valence-corrected chi connectivity index (χ4v) is 2.38. The van der Waals surface area contributed by atoms with Crippen LogP contribution in [-0.4, -0.2) is 5.91 Å². The summed E-state index contributed by atoms with van der Waals surface area (Å²) < 4.78 is 5.42. The van der Waals surface area contributed by atoms with Gasteiger partial charge in [0.1, 0.15) is 11.8 Å². The van der Waals surface area contributed by atoms with Gasteiger partial charge in [0, 0.05) is 11.8 Å². The van der Waals surface area contributed by atoms with Crippen LogP contribution in [0.1, 0.15) is 16.7 Å². The maximum absolute atomic E-state index is 12.3. The number of carbonyl (C=O) groups excluding carboxylic acids is 1. The first-order chi connectivity index (χ1) is 11.5. The molecule has 0 fully saturated rings. The van der Waals surface area contributed by atoms with Crippen molar-refractivity contribution >= 4 is 28.6 Å². The van der Waals surface area contributed by atoms with Gasteiger partial charge in [-0.05, 0) is 55.3 Å². The second kappa shape index (κ2) is 6.54. The average molecular weight is 319 g/mol. The predicted molar refractivity (Wildman–Crippen MR) is 96.1 cm³/mol. The van der Waals surface area contributed by atoms with E-state index in [1.54, 1.807) is 24.3 Å². The largest absolute Gasteiger partial charge is 0.463 e. The van der Waals surface area contributed by atoms with Crippen LogP contribution >= 0.6 is 0 Å². The number of benzene rings is 2. The van der Waals surface area contributed by atoms with E-state index in [4.69, 9.17) is 4.42 Å². The third kappa shape index (κ3) is 3.27. The zero-order valence-corrected chi connectivity index (χ0v) is 13.5. The molecule has 0 saturated carbocycles. The lowest BCUT2D eigenvalue weighted by atomic mass is 10.1. The van der Waals surface area contributed by atoms with E-state index >= 15 is 0 Å². The first-order valence-corrected chi connectivity index (χ1v) is 7.61. The van der Waals surface area contributed by atoms with Crippen molar-refractivity contribution in [1.82, 2.24) is 0 Å². The van der Waals surface area contributed by atoms with E-state index in [2.05, 4.69) is 5.32 Å². The van der Waals surface area contributed by atoms with E-state index in [1.807, 2.05) is 32.0 Å². The molecule has 3 rings (SSSR count). The molecular weight excluding hydrogens is 302 g/mol. The number of nitrogens with one attached hydrogen (secondary N) is 1. The van der Waals surface area contributed by atoms with Gasteiger partial charge < -0.3 is 9.73 Å². The minimum Gasteiger partial charge on any atom is -0.463 e. The summed E-state index contributed by atoms with van der Waals surface area (Å²) in [5.74, 6) is -0.300. The third-order valence-electron chi connectivity index (χ3n) is 3.90. The molecule has 0 bridgehead atoms. The maximum Gasteiger partial charge on any atom is 0.248 e. The zero-order chi connectivity index (χ0) is 17.1. The van der Waals surface area contributed by atoms with E-state index < -0.39 is 0 Å². The number of para-hydroxylation sites is 1. The molecular formula is C20H17NO3. The van der Waals surface area contributed by atoms with Crippen LogP contribution in [0.25, 0.3) is 17.0 Å². The zero-order valence-electron chi connectivity index (χ0n) is 13.5. The Morgan fingerprint density at radius 2 is 1.88 bits per heavy atom. The Labute approximate surface area is 139 Å². The van der Waals surface area contributed by atoms with Crippen molar-refractivity contribution in [2.24, 2.45) is 0 Å². The molecule has 1 N–H and O–H groups in total. The Hall–Kier alpha value is -3.14. The lowest BCUT2D eigenvalue weighted by Gasteiger charge is -2.05. The van der Waals surface area contributed by atoms with Crippen molar-refractivity contribution < 1.29 is 9.21 Å². The molecule has 120 valence electrons. The molecule has 1 aromatic heterocycles. The SMILES string of the molecule is Cc1ccc(NC(=O)/C=C/c2coc3ccccc3c2=O)cc1C. The Morgan fingerprint density at radius 1 is 1.08 bits per heavy atom. The van der Waals surface area contributed by atoms with Gasteiger partial charge in [0.2, 0.25) is 5.91 Å². The van der Waals surface area contributed by atoms with Crippen molar-refractivity contribution in [2.45, 2.75) is 13.8 Å². The number of rotatable bonds is 3. The minimum atomic E-state index is -0.300. The lowest BCUT2D eigenvalue weighted by Crippen LogP contribution is -2.09. The Morgan fingerprint density at radius 3 is 2.67 bits per heavy atom. The molecule has 0 spiro atoms. The smallest absolute Gasteiger partial charge is 0.248 e. The Bertz CT molecular complexity index is 999. The van der Waals surface area contributed by atoms with Gasteiger partial charge in [-0.15, -0.1) is 0 Å². The fourth-order valence-electron chi connectivity index (χ4n) is 2.38. The van der Waals surface area contributed by atoms with Crippen LogP contribution in [0.3, 0.4) is 0 Å². The van der Waals surface area contributed by atoms with Crippen molar-refractivity contribution in [1.29, 1.82) is 0 Å². The first kappa shape index (κ1) is 15.7. The maximum atomic E-state index is 12.3. The second-order valence-corrected chi connectivity index (χ2v) is 5.64. The molecule has 1 heterocycles. The predicted octanol–water partition coefficient (Wildman–Crippen LogP) is 4.06. The highest BCUT2D eigenvalue weighted by Crippen LogP contribution is 2.14. The summed E-state index contributed by atoms with van der Waals surface area (Å²) in [5.41, 5.74) is 3.69.